The second-order valence-corrected chi connectivity index (χ2v) is 6.29. The van der Waals surface area contributed by atoms with Gasteiger partial charge in [-0.2, -0.15) is 18.3 Å². The molecule has 3 heterocycles. The van der Waals surface area contributed by atoms with Gasteiger partial charge in [-0.05, 0) is 19.9 Å². The molecule has 2 aromatic rings. The fraction of sp³-hybridized carbons (Fsp3) is 0.667. The molecule has 0 aromatic carbocycles. The van der Waals surface area contributed by atoms with E-state index in [4.69, 9.17) is 9.15 Å². The summed E-state index contributed by atoms with van der Waals surface area (Å²) in [7, 11) is 3.16. The fourth-order valence-electron chi connectivity index (χ4n) is 2.90. The number of aromatic nitrogens is 4. The summed E-state index contributed by atoms with van der Waals surface area (Å²) in [4.78, 5) is 1.68. The molecule has 1 fully saturated rings. The van der Waals surface area contributed by atoms with Gasteiger partial charge >= 0.3 is 6.18 Å². The smallest absolute Gasteiger partial charge is 0.423 e. The Morgan fingerprint density at radius 3 is 2.80 bits per heavy atom. The summed E-state index contributed by atoms with van der Waals surface area (Å²) in [6, 6.07) is 0. The standard InChI is InChI=1S/C15H20F3N5O2/c1-22(6-11-7-23(2)21-13(11)15(16,17)18)8-12-19-20-14(25-12)10-4-3-5-24-9-10/h7,10H,3-6,8-9H2,1-2H3. The Morgan fingerprint density at radius 2 is 2.12 bits per heavy atom. The third-order valence-electron chi connectivity index (χ3n) is 4.01. The van der Waals surface area contributed by atoms with Gasteiger partial charge in [-0.1, -0.05) is 0 Å². The maximum absolute atomic E-state index is 13.0. The van der Waals surface area contributed by atoms with E-state index in [-0.39, 0.29) is 24.6 Å². The van der Waals surface area contributed by atoms with E-state index in [1.807, 2.05) is 0 Å². The molecule has 1 aliphatic rings. The SMILES string of the molecule is CN(Cc1nnc(C2CCCOC2)o1)Cc1cn(C)nc1C(F)(F)F. The Bertz CT molecular complexity index is 706. The van der Waals surface area contributed by atoms with Crippen molar-refractivity contribution in [1.29, 1.82) is 0 Å². The van der Waals surface area contributed by atoms with Crippen molar-refractivity contribution in [2.45, 2.75) is 38.0 Å². The van der Waals surface area contributed by atoms with Crippen molar-refractivity contribution in [3.8, 4) is 0 Å². The number of hydrogen-bond acceptors (Lipinski definition) is 6. The Hall–Kier alpha value is -1.94. The van der Waals surface area contributed by atoms with E-state index in [1.165, 1.54) is 17.9 Å². The van der Waals surface area contributed by atoms with Crippen LogP contribution < -0.4 is 0 Å². The molecule has 10 heteroatoms. The van der Waals surface area contributed by atoms with Crippen LogP contribution in [-0.4, -0.2) is 45.1 Å². The molecule has 1 atom stereocenters. The van der Waals surface area contributed by atoms with E-state index in [1.54, 1.807) is 11.9 Å². The van der Waals surface area contributed by atoms with Crippen LogP contribution in [0.4, 0.5) is 13.2 Å². The van der Waals surface area contributed by atoms with Crippen LogP contribution in [0.15, 0.2) is 10.6 Å². The number of ether oxygens (including phenoxy) is 1. The average molecular weight is 359 g/mol. The zero-order chi connectivity index (χ0) is 18.0. The molecule has 7 nitrogen and oxygen atoms in total. The molecule has 0 saturated carbocycles. The van der Waals surface area contributed by atoms with Gasteiger partial charge in [-0.25, -0.2) is 0 Å². The van der Waals surface area contributed by atoms with Gasteiger partial charge in [-0.15, -0.1) is 10.2 Å². The molecule has 3 rings (SSSR count). The molecule has 0 bridgehead atoms. The fourth-order valence-corrected chi connectivity index (χ4v) is 2.90. The summed E-state index contributed by atoms with van der Waals surface area (Å²) in [5, 5.41) is 11.5. The van der Waals surface area contributed by atoms with Gasteiger partial charge in [-0.3, -0.25) is 9.58 Å². The lowest BCUT2D eigenvalue weighted by atomic mass is 10.0. The number of halogens is 3. The van der Waals surface area contributed by atoms with Gasteiger partial charge in [0, 0.05) is 32.0 Å². The van der Waals surface area contributed by atoms with Crippen molar-refractivity contribution < 1.29 is 22.3 Å². The van der Waals surface area contributed by atoms with E-state index in [9.17, 15) is 13.2 Å². The van der Waals surface area contributed by atoms with Crippen LogP contribution in [0.5, 0.6) is 0 Å². The van der Waals surface area contributed by atoms with E-state index in [2.05, 4.69) is 15.3 Å². The number of hydrogen-bond donors (Lipinski definition) is 0. The van der Waals surface area contributed by atoms with Crippen molar-refractivity contribution in [1.82, 2.24) is 24.9 Å². The number of rotatable bonds is 5. The van der Waals surface area contributed by atoms with Crippen LogP contribution in [0.2, 0.25) is 0 Å². The van der Waals surface area contributed by atoms with E-state index in [0.29, 0.717) is 18.4 Å². The Balaban J connectivity index is 1.63. The van der Waals surface area contributed by atoms with E-state index < -0.39 is 11.9 Å². The summed E-state index contributed by atoms with van der Waals surface area (Å²) in [6.45, 7) is 1.63. The molecular formula is C15H20F3N5O2. The lowest BCUT2D eigenvalue weighted by Gasteiger charge is -2.18. The first-order chi connectivity index (χ1) is 11.8. The van der Waals surface area contributed by atoms with Crippen LogP contribution in [-0.2, 0) is 31.1 Å². The molecule has 0 radical (unpaired) electrons. The van der Waals surface area contributed by atoms with Crippen LogP contribution in [0.3, 0.4) is 0 Å². The quantitative estimate of drug-likeness (QED) is 0.816. The van der Waals surface area contributed by atoms with Gasteiger partial charge in [0.05, 0.1) is 19.1 Å². The van der Waals surface area contributed by atoms with Gasteiger partial charge in [0.2, 0.25) is 11.8 Å². The van der Waals surface area contributed by atoms with Crippen LogP contribution in [0, 0.1) is 0 Å². The normalized spacial score (nSPS) is 18.9. The second kappa shape index (κ2) is 7.12. The molecule has 0 spiro atoms. The molecule has 138 valence electrons. The monoisotopic (exact) mass is 359 g/mol. The zero-order valence-electron chi connectivity index (χ0n) is 14.1. The van der Waals surface area contributed by atoms with Crippen molar-refractivity contribution >= 4 is 0 Å². The molecule has 0 N–H and O–H groups in total. The molecule has 1 unspecified atom stereocenters. The first-order valence-corrected chi connectivity index (χ1v) is 8.01. The third-order valence-corrected chi connectivity index (χ3v) is 4.01. The maximum Gasteiger partial charge on any atom is 0.435 e. The lowest BCUT2D eigenvalue weighted by molar-refractivity contribution is -0.142. The minimum atomic E-state index is -4.48. The topological polar surface area (TPSA) is 69.2 Å². The molecular weight excluding hydrogens is 339 g/mol. The van der Waals surface area contributed by atoms with Crippen molar-refractivity contribution in [3.63, 3.8) is 0 Å². The maximum atomic E-state index is 13.0. The molecule has 1 aliphatic heterocycles. The predicted octanol–water partition coefficient (Wildman–Crippen LogP) is 2.35. The minimum Gasteiger partial charge on any atom is -0.423 e. The van der Waals surface area contributed by atoms with Crippen LogP contribution in [0.25, 0.3) is 0 Å². The van der Waals surface area contributed by atoms with Gasteiger partial charge in [0.15, 0.2) is 5.69 Å². The third kappa shape index (κ3) is 4.37. The van der Waals surface area contributed by atoms with Crippen molar-refractivity contribution in [2.24, 2.45) is 7.05 Å². The van der Waals surface area contributed by atoms with Crippen LogP contribution in [0.1, 0.15) is 41.8 Å². The van der Waals surface area contributed by atoms with E-state index in [0.717, 1.165) is 19.4 Å². The highest BCUT2D eigenvalue weighted by Crippen LogP contribution is 2.31. The molecule has 0 aliphatic carbocycles. The highest BCUT2D eigenvalue weighted by atomic mass is 19.4. The highest BCUT2D eigenvalue weighted by Gasteiger charge is 2.37. The lowest BCUT2D eigenvalue weighted by Crippen LogP contribution is -2.20. The second-order valence-electron chi connectivity index (χ2n) is 6.29. The number of aryl methyl sites for hydroxylation is 1. The predicted molar refractivity (Wildman–Crippen MR) is 80.5 cm³/mol. The summed E-state index contributed by atoms with van der Waals surface area (Å²) in [5.74, 6) is 0.997. The van der Waals surface area contributed by atoms with Crippen molar-refractivity contribution in [3.05, 3.63) is 29.2 Å². The zero-order valence-corrected chi connectivity index (χ0v) is 14.1. The number of nitrogens with zero attached hydrogens (tertiary/aromatic N) is 5. The Morgan fingerprint density at radius 1 is 1.32 bits per heavy atom. The Labute approximate surface area is 142 Å². The first-order valence-electron chi connectivity index (χ1n) is 8.01. The summed E-state index contributed by atoms with van der Waals surface area (Å²) in [5.41, 5.74) is -0.759. The molecule has 0 amide bonds. The van der Waals surface area contributed by atoms with Gasteiger partial charge in [0.25, 0.3) is 0 Å². The summed E-state index contributed by atoms with van der Waals surface area (Å²) in [6.07, 6.45) is -1.22. The highest BCUT2D eigenvalue weighted by molar-refractivity contribution is 5.19. The Kier molecular flexibility index (Phi) is 5.09. The van der Waals surface area contributed by atoms with Crippen LogP contribution >= 0.6 is 0 Å². The molecule has 2 aromatic heterocycles. The summed E-state index contributed by atoms with van der Waals surface area (Å²) < 4.78 is 51.2. The summed E-state index contributed by atoms with van der Waals surface area (Å²) >= 11 is 0. The molecule has 25 heavy (non-hydrogen) atoms. The average Bonchev–Trinajstić information content (AvgIpc) is 3.14. The van der Waals surface area contributed by atoms with E-state index >= 15 is 0 Å². The van der Waals surface area contributed by atoms with Crippen molar-refractivity contribution in [2.75, 3.05) is 20.3 Å². The van der Waals surface area contributed by atoms with Gasteiger partial charge < -0.3 is 9.15 Å². The van der Waals surface area contributed by atoms with Gasteiger partial charge in [0.1, 0.15) is 0 Å². The largest absolute Gasteiger partial charge is 0.435 e. The minimum absolute atomic E-state index is 0.0763. The molecule has 1 saturated heterocycles. The number of alkyl halides is 3. The first kappa shape index (κ1) is 17.9.